The third kappa shape index (κ3) is 3.79. The van der Waals surface area contributed by atoms with Crippen molar-refractivity contribution in [3.05, 3.63) is 28.2 Å². The Kier molecular flexibility index (Phi) is 6.08. The third-order valence-electron chi connectivity index (χ3n) is 4.82. The normalized spacial score (nSPS) is 20.4. The number of rotatable bonds is 4. The topological polar surface area (TPSA) is 55.5 Å². The van der Waals surface area contributed by atoms with Gasteiger partial charge in [0.15, 0.2) is 0 Å². The highest BCUT2D eigenvalue weighted by Crippen LogP contribution is 2.46. The van der Waals surface area contributed by atoms with Gasteiger partial charge < -0.3 is 15.6 Å². The van der Waals surface area contributed by atoms with Gasteiger partial charge >= 0.3 is 0 Å². The average molecular weight is 356 g/mol. The molecule has 118 valence electrons. The summed E-state index contributed by atoms with van der Waals surface area (Å²) in [7, 11) is 1.65. The van der Waals surface area contributed by atoms with Crippen molar-refractivity contribution in [3.63, 3.8) is 0 Å². The number of nitrogens with two attached hydrogens (primary N) is 1. The Morgan fingerprint density at radius 2 is 1.86 bits per heavy atom. The summed E-state index contributed by atoms with van der Waals surface area (Å²) in [5.74, 6) is 0.737. The highest BCUT2D eigenvalue weighted by Gasteiger charge is 2.38. The molecule has 4 heteroatoms. The van der Waals surface area contributed by atoms with Crippen molar-refractivity contribution in [3.8, 4) is 5.75 Å². The Hall–Kier alpha value is -0.580. The second-order valence-electron chi connectivity index (χ2n) is 6.12. The summed E-state index contributed by atoms with van der Waals surface area (Å²) in [6.07, 6.45) is 7.47. The lowest BCUT2D eigenvalue weighted by atomic mass is 9.70. The minimum absolute atomic E-state index is 0.228. The monoisotopic (exact) mass is 355 g/mol. The predicted molar refractivity (Wildman–Crippen MR) is 89.5 cm³/mol. The molecule has 0 amide bonds. The molecule has 3 N–H and O–H groups in total. The van der Waals surface area contributed by atoms with Gasteiger partial charge in [0.2, 0.25) is 0 Å². The zero-order chi connectivity index (χ0) is 15.3. The van der Waals surface area contributed by atoms with Crippen molar-refractivity contribution in [2.24, 2.45) is 11.1 Å². The number of halogens is 1. The molecule has 0 aliphatic heterocycles. The molecule has 0 radical (unpaired) electrons. The Labute approximate surface area is 136 Å². The largest absolute Gasteiger partial charge is 0.496 e. The maximum absolute atomic E-state index is 11.1. The van der Waals surface area contributed by atoms with Crippen LogP contribution in [0.4, 0.5) is 0 Å². The molecule has 0 aromatic heterocycles. The second-order valence-corrected chi connectivity index (χ2v) is 7.04. The quantitative estimate of drug-likeness (QED) is 0.851. The molecule has 1 aliphatic rings. The number of methoxy groups -OCH3 is 1. The van der Waals surface area contributed by atoms with E-state index in [2.05, 4.69) is 15.9 Å². The molecule has 21 heavy (non-hydrogen) atoms. The Morgan fingerprint density at radius 3 is 2.43 bits per heavy atom. The van der Waals surface area contributed by atoms with Crippen molar-refractivity contribution >= 4 is 15.9 Å². The Bertz CT molecular complexity index is 456. The molecular weight excluding hydrogens is 330 g/mol. The number of hydrogen-bond acceptors (Lipinski definition) is 3. The Balaban J connectivity index is 2.33. The van der Waals surface area contributed by atoms with Crippen LogP contribution >= 0.6 is 15.9 Å². The van der Waals surface area contributed by atoms with Gasteiger partial charge in [0.05, 0.1) is 13.2 Å². The van der Waals surface area contributed by atoms with E-state index in [0.29, 0.717) is 6.54 Å². The van der Waals surface area contributed by atoms with Gasteiger partial charge in [-0.15, -0.1) is 0 Å². The molecule has 0 spiro atoms. The summed E-state index contributed by atoms with van der Waals surface area (Å²) < 4.78 is 6.39. The van der Waals surface area contributed by atoms with E-state index < -0.39 is 6.10 Å². The highest BCUT2D eigenvalue weighted by atomic mass is 79.9. The van der Waals surface area contributed by atoms with Crippen LogP contribution in [0, 0.1) is 5.41 Å². The lowest BCUT2D eigenvalue weighted by molar-refractivity contribution is 0.00696. The van der Waals surface area contributed by atoms with Gasteiger partial charge in [0.1, 0.15) is 5.75 Å². The zero-order valence-electron chi connectivity index (χ0n) is 12.8. The maximum atomic E-state index is 11.1. The van der Waals surface area contributed by atoms with Crippen LogP contribution in [0.1, 0.15) is 56.6 Å². The first kappa shape index (κ1) is 16.8. The van der Waals surface area contributed by atoms with E-state index in [1.807, 2.05) is 18.2 Å². The number of aliphatic hydroxyl groups excluding tert-OH is 1. The predicted octanol–water partition coefficient (Wildman–Crippen LogP) is 4.18. The number of ether oxygens (including phenoxy) is 1. The number of aliphatic hydroxyl groups is 1. The van der Waals surface area contributed by atoms with Crippen molar-refractivity contribution in [2.75, 3.05) is 13.7 Å². The van der Waals surface area contributed by atoms with E-state index >= 15 is 0 Å². The summed E-state index contributed by atoms with van der Waals surface area (Å²) in [6, 6.07) is 5.79. The van der Waals surface area contributed by atoms with Crippen molar-refractivity contribution in [1.29, 1.82) is 0 Å². The number of benzene rings is 1. The first-order valence-corrected chi connectivity index (χ1v) is 8.64. The van der Waals surface area contributed by atoms with E-state index in [1.165, 1.54) is 19.3 Å². The molecular formula is C17H26BrNO2. The molecule has 0 bridgehead atoms. The zero-order valence-corrected chi connectivity index (χ0v) is 14.4. The third-order valence-corrected chi connectivity index (χ3v) is 5.32. The lowest BCUT2D eigenvalue weighted by Crippen LogP contribution is -2.37. The van der Waals surface area contributed by atoms with E-state index in [4.69, 9.17) is 10.5 Å². The van der Waals surface area contributed by atoms with Crippen LogP contribution < -0.4 is 10.5 Å². The van der Waals surface area contributed by atoms with Crippen LogP contribution in [0.5, 0.6) is 5.75 Å². The molecule has 3 nitrogen and oxygen atoms in total. The second kappa shape index (κ2) is 7.61. The Morgan fingerprint density at radius 1 is 1.24 bits per heavy atom. The van der Waals surface area contributed by atoms with Gasteiger partial charge in [-0.2, -0.15) is 0 Å². The molecule has 1 saturated carbocycles. The van der Waals surface area contributed by atoms with Gasteiger partial charge in [-0.1, -0.05) is 48.0 Å². The lowest BCUT2D eigenvalue weighted by Gasteiger charge is -2.39. The smallest absolute Gasteiger partial charge is 0.124 e. The SMILES string of the molecule is COc1ccc(Br)cc1C(O)C1(CN)CCCCCCC1. The van der Waals surface area contributed by atoms with Crippen molar-refractivity contribution < 1.29 is 9.84 Å². The summed E-state index contributed by atoms with van der Waals surface area (Å²) in [5.41, 5.74) is 6.73. The van der Waals surface area contributed by atoms with Crippen molar-refractivity contribution in [2.45, 2.75) is 51.0 Å². The van der Waals surface area contributed by atoms with E-state index in [-0.39, 0.29) is 5.41 Å². The van der Waals surface area contributed by atoms with Crippen molar-refractivity contribution in [1.82, 2.24) is 0 Å². The highest BCUT2D eigenvalue weighted by molar-refractivity contribution is 9.10. The molecule has 1 aliphatic carbocycles. The van der Waals surface area contributed by atoms with E-state index in [9.17, 15) is 5.11 Å². The molecule has 1 atom stereocenters. The summed E-state index contributed by atoms with van der Waals surface area (Å²) in [6.45, 7) is 0.518. The molecule has 1 unspecified atom stereocenters. The van der Waals surface area contributed by atoms with E-state index in [0.717, 1.165) is 41.5 Å². The fraction of sp³-hybridized carbons (Fsp3) is 0.647. The molecule has 1 aromatic carbocycles. The molecule has 1 aromatic rings. The molecule has 0 saturated heterocycles. The first-order valence-electron chi connectivity index (χ1n) is 7.84. The van der Waals surface area contributed by atoms with Crippen LogP contribution in [0.3, 0.4) is 0 Å². The van der Waals surface area contributed by atoms with E-state index in [1.54, 1.807) is 7.11 Å². The molecule has 2 rings (SSSR count). The van der Waals surface area contributed by atoms with Gasteiger partial charge in [-0.3, -0.25) is 0 Å². The van der Waals surface area contributed by atoms with Crippen LogP contribution in [-0.2, 0) is 0 Å². The molecule has 0 heterocycles. The number of hydrogen-bond donors (Lipinski definition) is 2. The summed E-state index contributed by atoms with van der Waals surface area (Å²) >= 11 is 3.49. The van der Waals surface area contributed by atoms with Crippen LogP contribution in [0.15, 0.2) is 22.7 Å². The maximum Gasteiger partial charge on any atom is 0.124 e. The van der Waals surface area contributed by atoms with Crippen LogP contribution in [-0.4, -0.2) is 18.8 Å². The van der Waals surface area contributed by atoms with Crippen LogP contribution in [0.25, 0.3) is 0 Å². The summed E-state index contributed by atoms with van der Waals surface area (Å²) in [4.78, 5) is 0. The first-order chi connectivity index (χ1) is 10.1. The minimum atomic E-state index is -0.576. The fourth-order valence-corrected chi connectivity index (χ4v) is 3.83. The minimum Gasteiger partial charge on any atom is -0.496 e. The van der Waals surface area contributed by atoms with Gasteiger partial charge in [-0.25, -0.2) is 0 Å². The average Bonchev–Trinajstić information content (AvgIpc) is 2.47. The standard InChI is InChI=1S/C17H26BrNO2/c1-21-15-8-7-13(18)11-14(15)16(20)17(12-19)9-5-3-2-4-6-10-17/h7-8,11,16,20H,2-6,9-10,12,19H2,1H3. The molecule has 1 fully saturated rings. The van der Waals surface area contributed by atoms with Gasteiger partial charge in [0, 0.05) is 22.0 Å². The summed E-state index contributed by atoms with van der Waals surface area (Å²) in [5, 5.41) is 11.1. The van der Waals surface area contributed by atoms with Crippen LogP contribution in [0.2, 0.25) is 0 Å². The van der Waals surface area contributed by atoms with Gasteiger partial charge in [0.25, 0.3) is 0 Å². The van der Waals surface area contributed by atoms with Gasteiger partial charge in [-0.05, 0) is 31.0 Å². The fourth-order valence-electron chi connectivity index (χ4n) is 3.45.